The van der Waals surface area contributed by atoms with E-state index in [0.717, 1.165) is 32.0 Å². The van der Waals surface area contributed by atoms with Crippen LogP contribution < -0.4 is 5.73 Å². The highest BCUT2D eigenvalue weighted by atomic mass is 19.1. The average Bonchev–Trinajstić information content (AvgIpc) is 2.53. The first-order valence-corrected chi connectivity index (χ1v) is 8.12. The fourth-order valence-electron chi connectivity index (χ4n) is 2.64. The number of nitrogens with two attached hydrogens (primary N) is 1. The number of nitrogens with zero attached hydrogens (tertiary/aromatic N) is 1. The quantitative estimate of drug-likeness (QED) is 0.758. The lowest BCUT2D eigenvalue weighted by Crippen LogP contribution is -2.50. The van der Waals surface area contributed by atoms with Crippen molar-refractivity contribution in [2.45, 2.75) is 44.6 Å². The molecule has 1 aromatic heterocycles. The van der Waals surface area contributed by atoms with Crippen LogP contribution in [0.15, 0.2) is 30.3 Å². The Labute approximate surface area is 150 Å². The van der Waals surface area contributed by atoms with Crippen LogP contribution in [0.1, 0.15) is 39.0 Å². The summed E-state index contributed by atoms with van der Waals surface area (Å²) in [4.78, 5) is 4.08. The van der Waals surface area contributed by atoms with Crippen LogP contribution in [0.2, 0.25) is 0 Å². The summed E-state index contributed by atoms with van der Waals surface area (Å²) >= 11 is 0. The number of alkyl halides is 1. The van der Waals surface area contributed by atoms with Gasteiger partial charge in [-0.05, 0) is 58.0 Å². The molecule has 0 spiro atoms. The molecule has 0 aliphatic rings. The number of rotatable bonds is 5. The second kappa shape index (κ2) is 6.64. The molecule has 0 aliphatic carbocycles. The molecule has 0 saturated carbocycles. The lowest BCUT2D eigenvalue weighted by Gasteiger charge is -2.36. The van der Waals surface area contributed by atoms with Crippen LogP contribution in [-0.2, 0) is 11.2 Å². The van der Waals surface area contributed by atoms with Crippen LogP contribution in [0.3, 0.4) is 0 Å². The minimum atomic E-state index is -2.21. The van der Waals surface area contributed by atoms with E-state index in [9.17, 15) is 19.0 Å². The predicted molar refractivity (Wildman–Crippen MR) is 93.0 cm³/mol. The van der Waals surface area contributed by atoms with Crippen LogP contribution in [0.25, 0.3) is 11.3 Å². The van der Waals surface area contributed by atoms with Crippen molar-refractivity contribution in [3.8, 4) is 11.3 Å². The molecule has 2 rings (SSSR count). The van der Waals surface area contributed by atoms with Gasteiger partial charge in [0.25, 0.3) is 0 Å². The monoisotopic (exact) mass is 368 g/mol. The Morgan fingerprint density at radius 1 is 1.04 bits per heavy atom. The summed E-state index contributed by atoms with van der Waals surface area (Å²) in [5, 5.41) is 21.1. The maximum atomic E-state index is 15.0. The van der Waals surface area contributed by atoms with Crippen LogP contribution in [0.5, 0.6) is 0 Å². The van der Waals surface area contributed by atoms with Crippen molar-refractivity contribution in [1.82, 2.24) is 4.98 Å². The standard InChI is InChI=1S/C19H23F3N2O2/c1-17(2,25)13-9-14(19(26,10-23)18(3,4)22)24-16(15(13)21)11-5-7-12(20)8-6-11/h5-9,25-26H,10,23H2,1-4H3. The highest BCUT2D eigenvalue weighted by Gasteiger charge is 2.47. The number of halogens is 3. The third-order valence-electron chi connectivity index (χ3n) is 4.44. The third kappa shape index (κ3) is 3.60. The van der Waals surface area contributed by atoms with Gasteiger partial charge in [-0.2, -0.15) is 0 Å². The van der Waals surface area contributed by atoms with Gasteiger partial charge in [0.1, 0.15) is 17.2 Å². The Hall–Kier alpha value is -1.96. The summed E-state index contributed by atoms with van der Waals surface area (Å²) in [5.41, 5.74) is -0.866. The van der Waals surface area contributed by atoms with E-state index in [0.29, 0.717) is 0 Å². The van der Waals surface area contributed by atoms with Gasteiger partial charge in [0.05, 0.1) is 11.3 Å². The first-order chi connectivity index (χ1) is 11.8. The zero-order valence-electron chi connectivity index (χ0n) is 15.1. The normalized spacial score (nSPS) is 15.0. The van der Waals surface area contributed by atoms with Crippen molar-refractivity contribution in [3.63, 3.8) is 0 Å². The molecule has 0 bridgehead atoms. The first kappa shape index (κ1) is 20.4. The zero-order chi connectivity index (χ0) is 19.9. The van der Waals surface area contributed by atoms with E-state index in [-0.39, 0.29) is 22.5 Å². The van der Waals surface area contributed by atoms with Gasteiger partial charge in [0.2, 0.25) is 0 Å². The molecule has 1 aromatic carbocycles. The van der Waals surface area contributed by atoms with Crippen molar-refractivity contribution in [2.24, 2.45) is 5.73 Å². The fourth-order valence-corrected chi connectivity index (χ4v) is 2.64. The molecule has 1 unspecified atom stereocenters. The lowest BCUT2D eigenvalue weighted by molar-refractivity contribution is -0.0868. The summed E-state index contributed by atoms with van der Waals surface area (Å²) in [5.74, 6) is -1.36. The number of hydrogen-bond acceptors (Lipinski definition) is 4. The second-order valence-electron chi connectivity index (χ2n) is 7.32. The lowest BCUT2D eigenvalue weighted by atomic mass is 9.82. The summed E-state index contributed by atoms with van der Waals surface area (Å²) in [7, 11) is 0. The van der Waals surface area contributed by atoms with Crippen LogP contribution in [-0.4, -0.2) is 27.4 Å². The van der Waals surface area contributed by atoms with Crippen LogP contribution >= 0.6 is 0 Å². The van der Waals surface area contributed by atoms with Crippen molar-refractivity contribution in [3.05, 3.63) is 53.2 Å². The van der Waals surface area contributed by atoms with Gasteiger partial charge < -0.3 is 15.9 Å². The highest BCUT2D eigenvalue weighted by molar-refractivity contribution is 5.62. The van der Waals surface area contributed by atoms with Crippen molar-refractivity contribution < 1.29 is 23.4 Å². The molecule has 4 nitrogen and oxygen atoms in total. The van der Waals surface area contributed by atoms with Gasteiger partial charge in [-0.3, -0.25) is 0 Å². The van der Waals surface area contributed by atoms with Gasteiger partial charge in [0, 0.05) is 17.7 Å². The Morgan fingerprint density at radius 2 is 1.58 bits per heavy atom. The van der Waals surface area contributed by atoms with Gasteiger partial charge in [-0.1, -0.05) is 0 Å². The molecule has 1 heterocycles. The molecule has 0 amide bonds. The molecule has 142 valence electrons. The zero-order valence-corrected chi connectivity index (χ0v) is 15.1. The Balaban J connectivity index is 2.83. The molecule has 0 saturated heterocycles. The molecule has 4 N–H and O–H groups in total. The van der Waals surface area contributed by atoms with Gasteiger partial charge in [-0.25, -0.2) is 18.2 Å². The number of aromatic nitrogens is 1. The SMILES string of the molecule is CC(C)(O)c1cc(C(O)(CN)C(C)(C)F)nc(-c2ccc(F)cc2)c1F. The van der Waals surface area contributed by atoms with E-state index in [1.165, 1.54) is 26.0 Å². The maximum absolute atomic E-state index is 15.0. The van der Waals surface area contributed by atoms with Gasteiger partial charge >= 0.3 is 0 Å². The highest BCUT2D eigenvalue weighted by Crippen LogP contribution is 2.38. The Morgan fingerprint density at radius 3 is 2.00 bits per heavy atom. The number of hydrogen-bond donors (Lipinski definition) is 3. The van der Waals surface area contributed by atoms with E-state index >= 15 is 4.39 Å². The molecule has 0 fully saturated rings. The molecule has 0 radical (unpaired) electrons. The first-order valence-electron chi connectivity index (χ1n) is 8.12. The number of pyridine rings is 1. The third-order valence-corrected chi connectivity index (χ3v) is 4.44. The number of aliphatic hydroxyl groups is 2. The molecular weight excluding hydrogens is 345 g/mol. The average molecular weight is 368 g/mol. The molecule has 0 aliphatic heterocycles. The Bertz CT molecular complexity index is 796. The van der Waals surface area contributed by atoms with E-state index < -0.39 is 35.1 Å². The summed E-state index contributed by atoms with van der Waals surface area (Å²) in [6.07, 6.45) is 0. The van der Waals surface area contributed by atoms with Crippen LogP contribution in [0.4, 0.5) is 13.2 Å². The largest absolute Gasteiger partial charge is 0.386 e. The van der Waals surface area contributed by atoms with Gasteiger partial charge in [-0.15, -0.1) is 0 Å². The van der Waals surface area contributed by atoms with Crippen molar-refractivity contribution in [1.29, 1.82) is 0 Å². The summed E-state index contributed by atoms with van der Waals surface area (Å²) in [6, 6.07) is 5.97. The van der Waals surface area contributed by atoms with Crippen molar-refractivity contribution >= 4 is 0 Å². The summed E-state index contributed by atoms with van der Waals surface area (Å²) < 4.78 is 42.9. The molecular formula is C19H23F3N2O2. The van der Waals surface area contributed by atoms with Crippen LogP contribution in [0, 0.1) is 11.6 Å². The van der Waals surface area contributed by atoms with E-state index in [4.69, 9.17) is 5.73 Å². The Kier molecular flexibility index (Phi) is 5.20. The smallest absolute Gasteiger partial charge is 0.155 e. The number of benzene rings is 1. The van der Waals surface area contributed by atoms with Crippen molar-refractivity contribution in [2.75, 3.05) is 6.54 Å². The van der Waals surface area contributed by atoms with Gasteiger partial charge in [0.15, 0.2) is 11.4 Å². The maximum Gasteiger partial charge on any atom is 0.155 e. The second-order valence-corrected chi connectivity index (χ2v) is 7.32. The topological polar surface area (TPSA) is 79.4 Å². The van der Waals surface area contributed by atoms with E-state index in [2.05, 4.69) is 4.98 Å². The molecule has 26 heavy (non-hydrogen) atoms. The molecule has 7 heteroatoms. The predicted octanol–water partition coefficient (Wildman–Crippen LogP) is 3.15. The van der Waals surface area contributed by atoms with E-state index in [1.54, 1.807) is 0 Å². The molecule has 2 aromatic rings. The van der Waals surface area contributed by atoms with E-state index in [1.807, 2.05) is 0 Å². The molecule has 1 atom stereocenters. The summed E-state index contributed by atoms with van der Waals surface area (Å²) in [6.45, 7) is 4.46. The minimum absolute atomic E-state index is 0.182. The minimum Gasteiger partial charge on any atom is -0.386 e. The fraction of sp³-hybridized carbons (Fsp3) is 0.421.